The standard InChI is InChI=1S/C14H19N.C9H17NS/c1-4-8-14(9-5-1)10-12-6-2-3-7-13(12)15-11-14;1-2-4-9(5-3-1)8-10-6-7-11-9/h2-3,6-7,15H,1,4-5,8-11H2;10H,1-8H2. The van der Waals surface area contributed by atoms with Crippen LogP contribution in [-0.4, -0.2) is 30.1 Å². The fraction of sp³-hybridized carbons (Fsp3) is 0.739. The van der Waals surface area contributed by atoms with Crippen LogP contribution in [0.1, 0.15) is 69.8 Å². The van der Waals surface area contributed by atoms with Crippen molar-refractivity contribution in [2.75, 3.05) is 30.7 Å². The first kappa shape index (κ1) is 18.7. The van der Waals surface area contributed by atoms with Crippen molar-refractivity contribution < 1.29 is 0 Å². The first-order valence-electron chi connectivity index (χ1n) is 11.0. The normalized spacial score (nSPS) is 26.3. The van der Waals surface area contributed by atoms with E-state index < -0.39 is 0 Å². The Labute approximate surface area is 164 Å². The first-order valence-corrected chi connectivity index (χ1v) is 11.9. The Balaban J connectivity index is 0.000000136. The number of fused-ring (bicyclic) bond motifs is 1. The lowest BCUT2D eigenvalue weighted by Crippen LogP contribution is -2.44. The van der Waals surface area contributed by atoms with Crippen molar-refractivity contribution in [3.8, 4) is 0 Å². The highest BCUT2D eigenvalue weighted by Gasteiger charge is 2.35. The van der Waals surface area contributed by atoms with Crippen LogP contribution in [0.4, 0.5) is 5.69 Å². The maximum absolute atomic E-state index is 3.62. The van der Waals surface area contributed by atoms with Gasteiger partial charge in [0, 0.05) is 35.8 Å². The molecule has 144 valence electrons. The van der Waals surface area contributed by atoms with E-state index in [1.54, 1.807) is 0 Å². The zero-order valence-corrected chi connectivity index (χ0v) is 17.1. The second-order valence-corrected chi connectivity index (χ2v) is 10.6. The third-order valence-electron chi connectivity index (χ3n) is 7.05. The van der Waals surface area contributed by atoms with Crippen LogP contribution in [0.2, 0.25) is 0 Å². The molecular weight excluding hydrogens is 336 g/mol. The smallest absolute Gasteiger partial charge is 0.0373 e. The van der Waals surface area contributed by atoms with Crippen LogP contribution in [-0.2, 0) is 6.42 Å². The highest BCUT2D eigenvalue weighted by Crippen LogP contribution is 2.43. The van der Waals surface area contributed by atoms with Crippen molar-refractivity contribution in [2.24, 2.45) is 5.41 Å². The molecule has 0 aromatic heterocycles. The molecule has 1 saturated heterocycles. The summed E-state index contributed by atoms with van der Waals surface area (Å²) in [7, 11) is 0. The SMILES string of the molecule is C1CCC2(CC1)CNCCS2.c1ccc2c(c1)CC1(CCCCC1)CN2. The summed E-state index contributed by atoms with van der Waals surface area (Å²) >= 11 is 2.22. The maximum atomic E-state index is 3.62. The Hall–Kier alpha value is -0.670. The molecule has 1 aromatic carbocycles. The van der Waals surface area contributed by atoms with E-state index in [9.17, 15) is 0 Å². The Morgan fingerprint density at radius 1 is 0.808 bits per heavy atom. The van der Waals surface area contributed by atoms with Gasteiger partial charge in [0.1, 0.15) is 0 Å². The molecule has 2 saturated carbocycles. The molecule has 2 spiro atoms. The summed E-state index contributed by atoms with van der Waals surface area (Å²) in [4.78, 5) is 0. The second kappa shape index (κ2) is 8.56. The van der Waals surface area contributed by atoms with E-state index >= 15 is 0 Å². The number of hydrogen-bond donors (Lipinski definition) is 2. The maximum Gasteiger partial charge on any atom is 0.0373 e. The monoisotopic (exact) mass is 372 g/mol. The topological polar surface area (TPSA) is 24.1 Å². The van der Waals surface area contributed by atoms with E-state index in [-0.39, 0.29) is 0 Å². The molecule has 3 heteroatoms. The minimum absolute atomic E-state index is 0.590. The van der Waals surface area contributed by atoms with Crippen LogP contribution >= 0.6 is 11.8 Å². The van der Waals surface area contributed by atoms with E-state index in [4.69, 9.17) is 0 Å². The quantitative estimate of drug-likeness (QED) is 0.617. The number of nitrogens with one attached hydrogen (secondary N) is 2. The molecular formula is C23H36N2S. The molecule has 2 aliphatic heterocycles. The van der Waals surface area contributed by atoms with Gasteiger partial charge in [-0.25, -0.2) is 0 Å². The molecule has 2 nitrogen and oxygen atoms in total. The van der Waals surface area contributed by atoms with Crippen LogP contribution < -0.4 is 10.6 Å². The Morgan fingerprint density at radius 3 is 2.27 bits per heavy atom. The van der Waals surface area contributed by atoms with Gasteiger partial charge < -0.3 is 10.6 Å². The number of thioether (sulfide) groups is 1. The molecule has 2 N–H and O–H groups in total. The summed E-state index contributed by atoms with van der Waals surface area (Å²) in [5, 5.41) is 7.15. The van der Waals surface area contributed by atoms with Gasteiger partial charge in [0.25, 0.3) is 0 Å². The van der Waals surface area contributed by atoms with Crippen molar-refractivity contribution >= 4 is 17.4 Å². The number of hydrogen-bond acceptors (Lipinski definition) is 3. The van der Waals surface area contributed by atoms with Gasteiger partial charge in [-0.15, -0.1) is 0 Å². The largest absolute Gasteiger partial charge is 0.384 e. The van der Waals surface area contributed by atoms with Crippen LogP contribution in [0.5, 0.6) is 0 Å². The summed E-state index contributed by atoms with van der Waals surface area (Å²) in [5.74, 6) is 1.33. The van der Waals surface area contributed by atoms with Gasteiger partial charge in [-0.3, -0.25) is 0 Å². The molecule has 5 rings (SSSR count). The van der Waals surface area contributed by atoms with Crippen molar-refractivity contribution in [3.63, 3.8) is 0 Å². The third kappa shape index (κ3) is 4.42. The summed E-state index contributed by atoms with van der Waals surface area (Å²) in [6.07, 6.45) is 15.8. The number of benzene rings is 1. The van der Waals surface area contributed by atoms with Crippen LogP contribution in [0.3, 0.4) is 0 Å². The lowest BCUT2D eigenvalue weighted by molar-refractivity contribution is 0.199. The summed E-state index contributed by atoms with van der Waals surface area (Å²) < 4.78 is 0.663. The second-order valence-electron chi connectivity index (χ2n) is 9.02. The van der Waals surface area contributed by atoms with Crippen LogP contribution in [0, 0.1) is 5.41 Å². The minimum Gasteiger partial charge on any atom is -0.384 e. The molecule has 0 bridgehead atoms. The molecule has 0 atom stereocenters. The predicted molar refractivity (Wildman–Crippen MR) is 115 cm³/mol. The number of anilines is 1. The van der Waals surface area contributed by atoms with E-state index in [1.165, 1.54) is 107 Å². The van der Waals surface area contributed by atoms with Crippen LogP contribution in [0.15, 0.2) is 24.3 Å². The van der Waals surface area contributed by atoms with Gasteiger partial charge in [-0.05, 0) is 49.1 Å². The highest BCUT2D eigenvalue weighted by molar-refractivity contribution is 8.00. The number of para-hydroxylation sites is 1. The lowest BCUT2D eigenvalue weighted by Gasteiger charge is -2.41. The number of rotatable bonds is 0. The highest BCUT2D eigenvalue weighted by atomic mass is 32.2. The van der Waals surface area contributed by atoms with Gasteiger partial charge in [0.05, 0.1) is 0 Å². The average Bonchev–Trinajstić information content (AvgIpc) is 2.70. The van der Waals surface area contributed by atoms with Crippen molar-refractivity contribution in [1.29, 1.82) is 0 Å². The van der Waals surface area contributed by atoms with Gasteiger partial charge in [-0.2, -0.15) is 11.8 Å². The zero-order chi connectivity index (χ0) is 17.7. The summed E-state index contributed by atoms with van der Waals surface area (Å²) in [5.41, 5.74) is 3.49. The molecule has 2 heterocycles. The average molecular weight is 373 g/mol. The molecule has 1 aromatic rings. The molecule has 3 fully saturated rings. The third-order valence-corrected chi connectivity index (χ3v) is 8.62. The van der Waals surface area contributed by atoms with E-state index in [0.29, 0.717) is 10.2 Å². The van der Waals surface area contributed by atoms with Crippen molar-refractivity contribution in [1.82, 2.24) is 5.32 Å². The molecule has 2 aliphatic carbocycles. The van der Waals surface area contributed by atoms with Gasteiger partial charge >= 0.3 is 0 Å². The minimum atomic E-state index is 0.590. The van der Waals surface area contributed by atoms with E-state index in [1.807, 2.05) is 0 Å². The Bertz CT molecular complexity index is 548. The van der Waals surface area contributed by atoms with Crippen LogP contribution in [0.25, 0.3) is 0 Å². The molecule has 0 radical (unpaired) electrons. The van der Waals surface area contributed by atoms with E-state index in [0.717, 1.165) is 0 Å². The van der Waals surface area contributed by atoms with E-state index in [2.05, 4.69) is 46.7 Å². The Morgan fingerprint density at radius 2 is 1.54 bits per heavy atom. The van der Waals surface area contributed by atoms with Crippen molar-refractivity contribution in [2.45, 2.75) is 75.4 Å². The zero-order valence-electron chi connectivity index (χ0n) is 16.3. The van der Waals surface area contributed by atoms with Gasteiger partial charge in [-0.1, -0.05) is 56.7 Å². The summed E-state index contributed by atoms with van der Waals surface area (Å²) in [6, 6.07) is 8.80. The molecule has 4 aliphatic rings. The fourth-order valence-electron chi connectivity index (χ4n) is 5.48. The summed E-state index contributed by atoms with van der Waals surface area (Å²) in [6.45, 7) is 3.70. The Kier molecular flexibility index (Phi) is 6.15. The fourth-order valence-corrected chi connectivity index (χ4v) is 6.94. The van der Waals surface area contributed by atoms with Crippen molar-refractivity contribution in [3.05, 3.63) is 29.8 Å². The lowest BCUT2D eigenvalue weighted by atomic mass is 9.68. The molecule has 0 amide bonds. The molecule has 26 heavy (non-hydrogen) atoms. The molecule has 0 unspecified atom stereocenters. The van der Waals surface area contributed by atoms with Gasteiger partial charge in [0.2, 0.25) is 0 Å². The van der Waals surface area contributed by atoms with Gasteiger partial charge in [0.15, 0.2) is 0 Å². The predicted octanol–water partition coefficient (Wildman–Crippen LogP) is 5.63. The first-order chi connectivity index (χ1) is 12.8.